The van der Waals surface area contributed by atoms with Gasteiger partial charge in [0.15, 0.2) is 0 Å². The van der Waals surface area contributed by atoms with Crippen LogP contribution in [0.3, 0.4) is 0 Å². The molecule has 23 heavy (non-hydrogen) atoms. The van der Waals surface area contributed by atoms with Gasteiger partial charge in [0.25, 0.3) is 0 Å². The molecule has 1 aromatic carbocycles. The summed E-state index contributed by atoms with van der Waals surface area (Å²) >= 11 is 1.30. The van der Waals surface area contributed by atoms with Crippen molar-refractivity contribution in [3.8, 4) is 10.4 Å². The maximum atomic E-state index is 12.0. The van der Waals surface area contributed by atoms with E-state index in [0.717, 1.165) is 10.4 Å². The van der Waals surface area contributed by atoms with Gasteiger partial charge in [0, 0.05) is 4.88 Å². The lowest BCUT2D eigenvalue weighted by Gasteiger charge is -2.19. The molecular weight excluding hydrogens is 314 g/mol. The Morgan fingerprint density at radius 2 is 1.78 bits per heavy atom. The molecule has 0 aliphatic carbocycles. The highest BCUT2D eigenvalue weighted by atomic mass is 32.1. The Balaban J connectivity index is 2.32. The summed E-state index contributed by atoms with van der Waals surface area (Å²) in [5, 5.41) is 3.04. The zero-order valence-corrected chi connectivity index (χ0v) is 14.3. The summed E-state index contributed by atoms with van der Waals surface area (Å²) in [5.41, 5.74) is 0.650. The standard InChI is InChI=1S/C17H19NO4S/c1-17(2,3)22-16(20)18-14-12(15(19)21-4)10-13(23-14)11-8-6-5-7-9-11/h5-10H,1-4H3,(H,18,20). The summed E-state index contributed by atoms with van der Waals surface area (Å²) in [4.78, 5) is 24.8. The summed E-state index contributed by atoms with van der Waals surface area (Å²) in [5.74, 6) is -0.505. The van der Waals surface area contributed by atoms with Gasteiger partial charge in [0.05, 0.1) is 12.7 Å². The second kappa shape index (κ2) is 6.83. The lowest BCUT2D eigenvalue weighted by Crippen LogP contribution is -2.27. The number of anilines is 1. The number of amides is 1. The SMILES string of the molecule is COC(=O)c1cc(-c2ccccc2)sc1NC(=O)OC(C)(C)C. The minimum Gasteiger partial charge on any atom is -0.465 e. The topological polar surface area (TPSA) is 64.6 Å². The first-order valence-corrected chi connectivity index (χ1v) is 7.89. The van der Waals surface area contributed by atoms with Crippen molar-refractivity contribution >= 4 is 28.4 Å². The predicted octanol–water partition coefficient (Wildman–Crippen LogP) is 4.55. The molecule has 1 heterocycles. The average Bonchev–Trinajstić information content (AvgIpc) is 2.89. The Morgan fingerprint density at radius 3 is 2.35 bits per heavy atom. The van der Waals surface area contributed by atoms with Crippen LogP contribution in [0.1, 0.15) is 31.1 Å². The van der Waals surface area contributed by atoms with Crippen molar-refractivity contribution in [1.82, 2.24) is 0 Å². The highest BCUT2D eigenvalue weighted by Gasteiger charge is 2.22. The molecule has 1 N–H and O–H groups in total. The Hall–Kier alpha value is -2.34. The Morgan fingerprint density at radius 1 is 1.13 bits per heavy atom. The molecule has 0 fully saturated rings. The van der Waals surface area contributed by atoms with Gasteiger partial charge in [-0.15, -0.1) is 11.3 Å². The van der Waals surface area contributed by atoms with E-state index in [1.54, 1.807) is 26.8 Å². The molecule has 0 unspecified atom stereocenters. The van der Waals surface area contributed by atoms with Crippen molar-refractivity contribution in [1.29, 1.82) is 0 Å². The van der Waals surface area contributed by atoms with E-state index in [9.17, 15) is 9.59 Å². The molecule has 5 nitrogen and oxygen atoms in total. The van der Waals surface area contributed by atoms with E-state index in [0.29, 0.717) is 10.6 Å². The summed E-state index contributed by atoms with van der Waals surface area (Å²) in [6.45, 7) is 5.33. The smallest absolute Gasteiger partial charge is 0.412 e. The Bertz CT molecular complexity index is 701. The van der Waals surface area contributed by atoms with Crippen LogP contribution < -0.4 is 5.32 Å². The summed E-state index contributed by atoms with van der Waals surface area (Å²) in [6, 6.07) is 11.3. The summed E-state index contributed by atoms with van der Waals surface area (Å²) < 4.78 is 10.0. The second-order valence-corrected chi connectivity index (χ2v) is 6.89. The number of hydrogen-bond donors (Lipinski definition) is 1. The quantitative estimate of drug-likeness (QED) is 0.837. The average molecular weight is 333 g/mol. The Labute approximate surface area is 139 Å². The van der Waals surface area contributed by atoms with Crippen molar-refractivity contribution in [2.45, 2.75) is 26.4 Å². The molecule has 0 aliphatic rings. The van der Waals surface area contributed by atoms with E-state index in [4.69, 9.17) is 9.47 Å². The molecule has 2 aromatic rings. The van der Waals surface area contributed by atoms with Crippen LogP contribution in [0, 0.1) is 0 Å². The van der Waals surface area contributed by atoms with Crippen molar-refractivity contribution < 1.29 is 19.1 Å². The molecule has 2 rings (SSSR count). The first-order chi connectivity index (χ1) is 10.8. The molecule has 0 bridgehead atoms. The number of hydrogen-bond acceptors (Lipinski definition) is 5. The minimum absolute atomic E-state index is 0.308. The van der Waals surface area contributed by atoms with Gasteiger partial charge in [0.2, 0.25) is 0 Å². The van der Waals surface area contributed by atoms with Gasteiger partial charge < -0.3 is 9.47 Å². The van der Waals surface area contributed by atoms with Crippen LogP contribution in [0.2, 0.25) is 0 Å². The van der Waals surface area contributed by atoms with Gasteiger partial charge in [-0.3, -0.25) is 5.32 Å². The molecule has 6 heteroatoms. The van der Waals surface area contributed by atoms with E-state index in [1.807, 2.05) is 30.3 Å². The van der Waals surface area contributed by atoms with Gasteiger partial charge in [0.1, 0.15) is 10.6 Å². The molecule has 1 amide bonds. The number of esters is 1. The van der Waals surface area contributed by atoms with E-state index < -0.39 is 17.7 Å². The maximum absolute atomic E-state index is 12.0. The van der Waals surface area contributed by atoms with Gasteiger partial charge in [-0.1, -0.05) is 30.3 Å². The monoisotopic (exact) mass is 333 g/mol. The Kier molecular flexibility index (Phi) is 5.05. The van der Waals surface area contributed by atoms with Gasteiger partial charge in [-0.05, 0) is 32.4 Å². The zero-order valence-electron chi connectivity index (χ0n) is 13.5. The molecule has 0 atom stereocenters. The first kappa shape index (κ1) is 17.0. The zero-order chi connectivity index (χ0) is 17.0. The normalized spacial score (nSPS) is 11.0. The van der Waals surface area contributed by atoms with Gasteiger partial charge in [-0.25, -0.2) is 9.59 Å². The number of ether oxygens (including phenoxy) is 2. The number of methoxy groups -OCH3 is 1. The second-order valence-electron chi connectivity index (χ2n) is 5.84. The number of nitrogens with one attached hydrogen (secondary N) is 1. The molecule has 0 spiro atoms. The molecule has 0 saturated heterocycles. The van der Waals surface area contributed by atoms with Crippen LogP contribution in [0.5, 0.6) is 0 Å². The van der Waals surface area contributed by atoms with Gasteiger partial charge in [-0.2, -0.15) is 0 Å². The van der Waals surface area contributed by atoms with E-state index in [1.165, 1.54) is 18.4 Å². The highest BCUT2D eigenvalue weighted by Crippen LogP contribution is 2.36. The molecule has 122 valence electrons. The lowest BCUT2D eigenvalue weighted by atomic mass is 10.1. The van der Waals surface area contributed by atoms with Crippen molar-refractivity contribution in [3.05, 3.63) is 42.0 Å². The third kappa shape index (κ3) is 4.56. The largest absolute Gasteiger partial charge is 0.465 e. The lowest BCUT2D eigenvalue weighted by molar-refractivity contribution is 0.0602. The highest BCUT2D eigenvalue weighted by molar-refractivity contribution is 7.20. The molecule has 0 saturated carbocycles. The van der Waals surface area contributed by atoms with Crippen LogP contribution in [0.25, 0.3) is 10.4 Å². The number of carbonyl (C=O) groups is 2. The molecule has 1 aromatic heterocycles. The van der Waals surface area contributed by atoms with Crippen LogP contribution in [0.15, 0.2) is 36.4 Å². The number of carbonyl (C=O) groups excluding carboxylic acids is 2. The van der Waals surface area contributed by atoms with Crippen molar-refractivity contribution in [3.63, 3.8) is 0 Å². The van der Waals surface area contributed by atoms with Crippen LogP contribution in [0.4, 0.5) is 9.80 Å². The molecule has 0 aliphatic heterocycles. The number of thiophene rings is 1. The summed E-state index contributed by atoms with van der Waals surface area (Å²) in [7, 11) is 1.31. The first-order valence-electron chi connectivity index (χ1n) is 7.08. The van der Waals surface area contributed by atoms with Crippen molar-refractivity contribution in [2.75, 3.05) is 12.4 Å². The van der Waals surface area contributed by atoms with E-state index >= 15 is 0 Å². The number of rotatable bonds is 3. The predicted molar refractivity (Wildman–Crippen MR) is 91.0 cm³/mol. The van der Waals surface area contributed by atoms with Crippen LogP contribution in [-0.4, -0.2) is 24.8 Å². The minimum atomic E-state index is -0.616. The summed E-state index contributed by atoms with van der Waals surface area (Å²) in [6.07, 6.45) is -0.607. The number of benzene rings is 1. The third-order valence-corrected chi connectivity index (χ3v) is 3.91. The fraction of sp³-hybridized carbons (Fsp3) is 0.294. The van der Waals surface area contributed by atoms with Crippen molar-refractivity contribution in [2.24, 2.45) is 0 Å². The maximum Gasteiger partial charge on any atom is 0.412 e. The molecular formula is C17H19NO4S. The van der Waals surface area contributed by atoms with E-state index in [-0.39, 0.29) is 0 Å². The third-order valence-electron chi connectivity index (χ3n) is 2.81. The fourth-order valence-electron chi connectivity index (χ4n) is 1.89. The van der Waals surface area contributed by atoms with E-state index in [2.05, 4.69) is 5.32 Å². The van der Waals surface area contributed by atoms with Crippen LogP contribution >= 0.6 is 11.3 Å². The van der Waals surface area contributed by atoms with Crippen LogP contribution in [-0.2, 0) is 9.47 Å². The fourth-order valence-corrected chi connectivity index (χ4v) is 2.92. The van der Waals surface area contributed by atoms with Gasteiger partial charge >= 0.3 is 12.1 Å². The molecule has 0 radical (unpaired) electrons.